The number of methoxy groups -OCH3 is 1. The highest BCUT2D eigenvalue weighted by atomic mass is 19.4. The Kier molecular flexibility index (Phi) is 4.14. The van der Waals surface area contributed by atoms with Gasteiger partial charge < -0.3 is 18.8 Å². The Balaban J connectivity index is 2.07. The van der Waals surface area contributed by atoms with E-state index in [9.17, 15) is 18.0 Å². The number of hydrogen-bond donors (Lipinski definition) is 0. The van der Waals surface area contributed by atoms with E-state index >= 15 is 0 Å². The van der Waals surface area contributed by atoms with Gasteiger partial charge in [-0.1, -0.05) is 0 Å². The lowest BCUT2D eigenvalue weighted by atomic mass is 10.1. The van der Waals surface area contributed by atoms with Crippen molar-refractivity contribution in [3.8, 4) is 11.5 Å². The van der Waals surface area contributed by atoms with Crippen LogP contribution in [0.1, 0.15) is 28.8 Å². The molecule has 1 atom stereocenters. The van der Waals surface area contributed by atoms with Crippen LogP contribution >= 0.6 is 0 Å². The van der Waals surface area contributed by atoms with Gasteiger partial charge in [0, 0.05) is 6.07 Å². The highest BCUT2D eigenvalue weighted by molar-refractivity contribution is 6.08. The number of ether oxygens (including phenoxy) is 2. The summed E-state index contributed by atoms with van der Waals surface area (Å²) in [5.74, 6) is -1.20. The summed E-state index contributed by atoms with van der Waals surface area (Å²) in [4.78, 5) is 14.1. The lowest BCUT2D eigenvalue weighted by Crippen LogP contribution is -2.42. The smallest absolute Gasteiger partial charge is 0.450 e. The topological polar surface area (TPSA) is 51.9 Å². The molecule has 0 bridgehead atoms. The molecule has 5 nitrogen and oxygen atoms in total. The number of hydrogen-bond acceptors (Lipinski definition) is 4. The molecule has 3 rings (SSSR count). The maximum absolute atomic E-state index is 13.2. The maximum atomic E-state index is 13.2. The van der Waals surface area contributed by atoms with Crippen molar-refractivity contribution in [2.24, 2.45) is 0 Å². The molecule has 2 aromatic rings. The second-order valence-corrected chi connectivity index (χ2v) is 5.78. The number of aryl methyl sites for hydroxylation is 1. The van der Waals surface area contributed by atoms with Crippen LogP contribution in [0.4, 0.5) is 18.9 Å². The highest BCUT2D eigenvalue weighted by Gasteiger charge is 2.42. The van der Waals surface area contributed by atoms with Gasteiger partial charge in [-0.15, -0.1) is 0 Å². The van der Waals surface area contributed by atoms with Crippen LogP contribution in [0.3, 0.4) is 0 Å². The Hall–Kier alpha value is -2.64. The first-order valence-electron chi connectivity index (χ1n) is 7.55. The van der Waals surface area contributed by atoms with Crippen molar-refractivity contribution in [2.45, 2.75) is 26.1 Å². The van der Waals surface area contributed by atoms with Crippen LogP contribution in [0.15, 0.2) is 28.7 Å². The molecule has 0 spiro atoms. The fourth-order valence-corrected chi connectivity index (χ4v) is 2.77. The van der Waals surface area contributed by atoms with Gasteiger partial charge >= 0.3 is 6.18 Å². The van der Waals surface area contributed by atoms with Crippen LogP contribution < -0.4 is 14.4 Å². The molecule has 0 fully saturated rings. The van der Waals surface area contributed by atoms with Crippen molar-refractivity contribution in [3.05, 3.63) is 41.3 Å². The standard InChI is InChI=1S/C17H16F3NO4/c1-9-6-12(15(25-9)17(18,19)20)16(22)21-8-10(2)24-14-5-4-11(23-3)7-13(14)21/h4-7,10H,8H2,1-3H3. The summed E-state index contributed by atoms with van der Waals surface area (Å²) in [6.07, 6.45) is -5.12. The summed E-state index contributed by atoms with van der Waals surface area (Å²) in [7, 11) is 1.46. The Morgan fingerprint density at radius 1 is 1.32 bits per heavy atom. The first-order chi connectivity index (χ1) is 11.7. The predicted octanol–water partition coefficient (Wildman–Crippen LogP) is 4.04. The third-order valence-corrected chi connectivity index (χ3v) is 3.81. The molecule has 1 aliphatic heterocycles. The van der Waals surface area contributed by atoms with Crippen LogP contribution in [0.25, 0.3) is 0 Å². The Morgan fingerprint density at radius 2 is 2.04 bits per heavy atom. The van der Waals surface area contributed by atoms with Crippen molar-refractivity contribution < 1.29 is 31.9 Å². The van der Waals surface area contributed by atoms with Crippen molar-refractivity contribution in [2.75, 3.05) is 18.6 Å². The molecule has 2 heterocycles. The summed E-state index contributed by atoms with van der Waals surface area (Å²) >= 11 is 0. The lowest BCUT2D eigenvalue weighted by Gasteiger charge is -2.33. The van der Waals surface area contributed by atoms with Gasteiger partial charge in [0.15, 0.2) is 0 Å². The number of halogens is 3. The van der Waals surface area contributed by atoms with Crippen molar-refractivity contribution >= 4 is 11.6 Å². The third-order valence-electron chi connectivity index (χ3n) is 3.81. The third kappa shape index (κ3) is 3.16. The van der Waals surface area contributed by atoms with Crippen molar-refractivity contribution in [3.63, 3.8) is 0 Å². The summed E-state index contributed by atoms with van der Waals surface area (Å²) in [6.45, 7) is 3.21. The predicted molar refractivity (Wildman–Crippen MR) is 83.2 cm³/mol. The van der Waals surface area contributed by atoms with E-state index in [1.165, 1.54) is 18.9 Å². The Morgan fingerprint density at radius 3 is 2.68 bits per heavy atom. The number of carbonyl (C=O) groups is 1. The van der Waals surface area contributed by atoms with E-state index in [-0.39, 0.29) is 18.4 Å². The minimum absolute atomic E-state index is 0.0165. The number of benzene rings is 1. The largest absolute Gasteiger partial charge is 0.497 e. The number of alkyl halides is 3. The van der Waals surface area contributed by atoms with Crippen LogP contribution in [0, 0.1) is 6.92 Å². The summed E-state index contributed by atoms with van der Waals surface area (Å²) in [6, 6.07) is 5.93. The molecular weight excluding hydrogens is 339 g/mol. The normalized spacial score (nSPS) is 17.0. The van der Waals surface area contributed by atoms with Crippen LogP contribution in [-0.4, -0.2) is 25.7 Å². The van der Waals surface area contributed by atoms with Gasteiger partial charge in [0.2, 0.25) is 5.76 Å². The molecule has 1 amide bonds. The molecular formula is C17H16F3NO4. The number of fused-ring (bicyclic) bond motifs is 1. The van der Waals surface area contributed by atoms with E-state index in [4.69, 9.17) is 13.9 Å². The van der Waals surface area contributed by atoms with E-state index in [1.807, 2.05) is 0 Å². The average molecular weight is 355 g/mol. The fraction of sp³-hybridized carbons (Fsp3) is 0.353. The first kappa shape index (κ1) is 17.2. The SMILES string of the molecule is COc1ccc2c(c1)N(C(=O)c1cc(C)oc1C(F)(F)F)CC(C)O2. The number of amides is 1. The number of carbonyl (C=O) groups excluding carboxylic acids is 1. The van der Waals surface area contributed by atoms with Crippen LogP contribution in [0.5, 0.6) is 11.5 Å². The Bertz CT molecular complexity index is 813. The van der Waals surface area contributed by atoms with Crippen LogP contribution in [0.2, 0.25) is 0 Å². The molecule has 134 valence electrons. The number of rotatable bonds is 2. The average Bonchev–Trinajstić information content (AvgIpc) is 2.95. The van der Waals surface area contributed by atoms with E-state index in [0.717, 1.165) is 6.07 Å². The number of furan rings is 1. The maximum Gasteiger partial charge on any atom is 0.450 e. The quantitative estimate of drug-likeness (QED) is 0.816. The van der Waals surface area contributed by atoms with Crippen molar-refractivity contribution in [1.29, 1.82) is 0 Å². The second kappa shape index (κ2) is 6.02. The molecule has 0 aliphatic carbocycles. The summed E-state index contributed by atoms with van der Waals surface area (Å²) < 4.78 is 55.0. The monoisotopic (exact) mass is 355 g/mol. The van der Waals surface area contributed by atoms with Gasteiger partial charge in [0.1, 0.15) is 23.4 Å². The van der Waals surface area contributed by atoms with E-state index in [1.54, 1.807) is 25.1 Å². The fourth-order valence-electron chi connectivity index (χ4n) is 2.77. The van der Waals surface area contributed by atoms with E-state index in [0.29, 0.717) is 17.2 Å². The van der Waals surface area contributed by atoms with Gasteiger partial charge in [-0.3, -0.25) is 4.79 Å². The minimum atomic E-state index is -4.76. The van der Waals surface area contributed by atoms with Crippen LogP contribution in [-0.2, 0) is 6.18 Å². The summed E-state index contributed by atoms with van der Waals surface area (Å²) in [5, 5.41) is 0. The van der Waals surface area contributed by atoms with Crippen molar-refractivity contribution in [1.82, 2.24) is 0 Å². The Labute approximate surface area is 141 Å². The molecule has 25 heavy (non-hydrogen) atoms. The van der Waals surface area contributed by atoms with Gasteiger partial charge in [0.25, 0.3) is 5.91 Å². The lowest BCUT2D eigenvalue weighted by molar-refractivity contribution is -0.153. The molecule has 1 aromatic carbocycles. The van der Waals surface area contributed by atoms with Gasteiger partial charge in [-0.2, -0.15) is 13.2 Å². The summed E-state index contributed by atoms with van der Waals surface area (Å²) in [5.41, 5.74) is -0.165. The zero-order valence-corrected chi connectivity index (χ0v) is 13.8. The molecule has 0 N–H and O–H groups in total. The molecule has 8 heteroatoms. The second-order valence-electron chi connectivity index (χ2n) is 5.78. The molecule has 1 aliphatic rings. The molecule has 1 unspecified atom stereocenters. The zero-order chi connectivity index (χ0) is 18.4. The van der Waals surface area contributed by atoms with E-state index in [2.05, 4.69) is 0 Å². The first-order valence-corrected chi connectivity index (χ1v) is 7.55. The molecule has 0 saturated heterocycles. The minimum Gasteiger partial charge on any atom is -0.497 e. The molecule has 0 saturated carbocycles. The van der Waals surface area contributed by atoms with Gasteiger partial charge in [-0.25, -0.2) is 0 Å². The number of anilines is 1. The van der Waals surface area contributed by atoms with Gasteiger partial charge in [0.05, 0.1) is 24.9 Å². The molecule has 1 aromatic heterocycles. The highest BCUT2D eigenvalue weighted by Crippen LogP contribution is 2.39. The zero-order valence-electron chi connectivity index (χ0n) is 13.8. The van der Waals surface area contributed by atoms with Gasteiger partial charge in [-0.05, 0) is 32.0 Å². The molecule has 0 radical (unpaired) electrons. The van der Waals surface area contributed by atoms with E-state index < -0.39 is 23.4 Å². The number of nitrogens with zero attached hydrogens (tertiary/aromatic N) is 1.